The highest BCUT2D eigenvalue weighted by Crippen LogP contribution is 2.20. The van der Waals surface area contributed by atoms with Gasteiger partial charge in [0, 0.05) is 23.3 Å². The highest BCUT2D eigenvalue weighted by atomic mass is 35.5. The number of hydrogen-bond acceptors (Lipinski definition) is 5. The van der Waals surface area contributed by atoms with Crippen molar-refractivity contribution >= 4 is 22.5 Å². The quantitative estimate of drug-likeness (QED) is 0.569. The first-order chi connectivity index (χ1) is 13.0. The number of H-pyrrole nitrogens is 1. The Labute approximate surface area is 160 Å². The van der Waals surface area contributed by atoms with Crippen molar-refractivity contribution in [3.8, 4) is 5.69 Å². The fourth-order valence-corrected chi connectivity index (χ4v) is 3.28. The van der Waals surface area contributed by atoms with Gasteiger partial charge in [-0.3, -0.25) is 14.9 Å². The molecule has 138 valence electrons. The van der Waals surface area contributed by atoms with Gasteiger partial charge in [0.1, 0.15) is 0 Å². The summed E-state index contributed by atoms with van der Waals surface area (Å²) >= 11 is 5.95. The Hall–Kier alpha value is -2.93. The lowest BCUT2D eigenvalue weighted by Crippen LogP contribution is -2.14. The summed E-state index contributed by atoms with van der Waals surface area (Å²) in [5.74, 6) is 1.26. The molecule has 7 nitrogen and oxygen atoms in total. The Morgan fingerprint density at radius 1 is 1.19 bits per heavy atom. The summed E-state index contributed by atoms with van der Waals surface area (Å²) in [6, 6.07) is 7.12. The fraction of sp³-hybridized carbons (Fsp3) is 0.263. The standard InChI is InChI=1S/C19H18ClN5O2/c1-11-15(4-3-5-17-22-12(2)24-27-17)18-16(10-21-11)19(26)25(23-18)14-8-6-13(20)7-9-14/h6-10,23H,3-5H2,1-2H3. The maximum Gasteiger partial charge on any atom is 0.280 e. The van der Waals surface area contributed by atoms with Gasteiger partial charge < -0.3 is 4.52 Å². The van der Waals surface area contributed by atoms with Crippen LogP contribution in [-0.4, -0.2) is 24.9 Å². The summed E-state index contributed by atoms with van der Waals surface area (Å²) in [5, 5.41) is 8.23. The average molecular weight is 384 g/mol. The number of pyridine rings is 1. The predicted octanol–water partition coefficient (Wildman–Crippen LogP) is 3.54. The van der Waals surface area contributed by atoms with Crippen LogP contribution in [0.2, 0.25) is 5.02 Å². The van der Waals surface area contributed by atoms with Crippen molar-refractivity contribution < 1.29 is 4.52 Å². The van der Waals surface area contributed by atoms with E-state index in [2.05, 4.69) is 20.2 Å². The molecule has 0 unspecified atom stereocenters. The van der Waals surface area contributed by atoms with Crippen LogP contribution in [0, 0.1) is 13.8 Å². The third-order valence-corrected chi connectivity index (χ3v) is 4.78. The van der Waals surface area contributed by atoms with Crippen molar-refractivity contribution in [3.63, 3.8) is 0 Å². The Morgan fingerprint density at radius 2 is 1.96 bits per heavy atom. The molecule has 0 bridgehead atoms. The molecule has 1 N–H and O–H groups in total. The lowest BCUT2D eigenvalue weighted by atomic mass is 10.0. The van der Waals surface area contributed by atoms with Crippen LogP contribution in [0.1, 0.15) is 29.4 Å². The van der Waals surface area contributed by atoms with Crippen LogP contribution in [-0.2, 0) is 12.8 Å². The van der Waals surface area contributed by atoms with Gasteiger partial charge in [0.2, 0.25) is 5.89 Å². The van der Waals surface area contributed by atoms with Gasteiger partial charge in [-0.05, 0) is 56.5 Å². The predicted molar refractivity (Wildman–Crippen MR) is 102 cm³/mol. The summed E-state index contributed by atoms with van der Waals surface area (Å²) in [6.45, 7) is 3.75. The minimum absolute atomic E-state index is 0.131. The number of halogens is 1. The van der Waals surface area contributed by atoms with Crippen LogP contribution >= 0.6 is 11.6 Å². The molecule has 1 aromatic carbocycles. The highest BCUT2D eigenvalue weighted by Gasteiger charge is 2.15. The smallest absolute Gasteiger partial charge is 0.280 e. The first-order valence-electron chi connectivity index (χ1n) is 8.67. The van der Waals surface area contributed by atoms with Gasteiger partial charge in [-0.25, -0.2) is 4.68 Å². The van der Waals surface area contributed by atoms with E-state index >= 15 is 0 Å². The van der Waals surface area contributed by atoms with Crippen LogP contribution < -0.4 is 5.56 Å². The minimum Gasteiger partial charge on any atom is -0.339 e. The van der Waals surface area contributed by atoms with Gasteiger partial charge in [-0.2, -0.15) is 4.98 Å². The largest absolute Gasteiger partial charge is 0.339 e. The first-order valence-corrected chi connectivity index (χ1v) is 9.05. The molecule has 8 heteroatoms. The normalized spacial score (nSPS) is 11.4. The highest BCUT2D eigenvalue weighted by molar-refractivity contribution is 6.30. The molecule has 27 heavy (non-hydrogen) atoms. The number of nitrogens with zero attached hydrogens (tertiary/aromatic N) is 4. The number of fused-ring (bicyclic) bond motifs is 1. The first kappa shape index (κ1) is 17.5. The summed E-state index contributed by atoms with van der Waals surface area (Å²) in [5.41, 5.74) is 3.32. The summed E-state index contributed by atoms with van der Waals surface area (Å²) < 4.78 is 6.68. The molecule has 4 rings (SSSR count). The van der Waals surface area contributed by atoms with Crippen LogP contribution in [0.25, 0.3) is 16.6 Å². The third-order valence-electron chi connectivity index (χ3n) is 4.52. The topological polar surface area (TPSA) is 89.6 Å². The number of aromatic nitrogens is 5. The van der Waals surface area contributed by atoms with Gasteiger partial charge in [0.15, 0.2) is 5.82 Å². The number of hydrogen-bond donors (Lipinski definition) is 1. The van der Waals surface area contributed by atoms with Crippen molar-refractivity contribution in [1.29, 1.82) is 0 Å². The van der Waals surface area contributed by atoms with E-state index in [1.165, 1.54) is 4.68 Å². The molecule has 0 aliphatic carbocycles. The van der Waals surface area contributed by atoms with Crippen molar-refractivity contribution in [1.82, 2.24) is 24.9 Å². The molecule has 0 aliphatic rings. The Morgan fingerprint density at radius 3 is 2.67 bits per heavy atom. The molecule has 0 fully saturated rings. The molecule has 0 radical (unpaired) electrons. The van der Waals surface area contributed by atoms with Crippen LogP contribution in [0.3, 0.4) is 0 Å². The summed E-state index contributed by atoms with van der Waals surface area (Å²) in [7, 11) is 0. The van der Waals surface area contributed by atoms with Crippen LogP contribution in [0.5, 0.6) is 0 Å². The average Bonchev–Trinajstić information content (AvgIpc) is 3.21. The van der Waals surface area contributed by atoms with Crippen LogP contribution in [0.15, 0.2) is 39.8 Å². The minimum atomic E-state index is -0.131. The third kappa shape index (κ3) is 3.38. The van der Waals surface area contributed by atoms with E-state index in [9.17, 15) is 4.79 Å². The van der Waals surface area contributed by atoms with Gasteiger partial charge >= 0.3 is 0 Å². The van der Waals surface area contributed by atoms with E-state index < -0.39 is 0 Å². The monoisotopic (exact) mass is 383 g/mol. The van der Waals surface area contributed by atoms with Gasteiger partial charge in [-0.1, -0.05) is 16.8 Å². The molecule has 0 atom stereocenters. The second-order valence-corrected chi connectivity index (χ2v) is 6.86. The molecule has 0 saturated carbocycles. The molecule has 0 spiro atoms. The number of nitrogens with one attached hydrogen (secondary N) is 1. The zero-order chi connectivity index (χ0) is 19.0. The van der Waals surface area contributed by atoms with Gasteiger partial charge in [0.05, 0.1) is 16.6 Å². The van der Waals surface area contributed by atoms with Crippen molar-refractivity contribution in [2.24, 2.45) is 0 Å². The molecular weight excluding hydrogens is 366 g/mol. The van der Waals surface area contributed by atoms with Crippen molar-refractivity contribution in [2.75, 3.05) is 0 Å². The molecular formula is C19H18ClN5O2. The molecule has 0 aliphatic heterocycles. The zero-order valence-corrected chi connectivity index (χ0v) is 15.7. The second-order valence-electron chi connectivity index (χ2n) is 6.43. The van der Waals surface area contributed by atoms with E-state index in [4.69, 9.17) is 16.1 Å². The van der Waals surface area contributed by atoms with Crippen molar-refractivity contribution in [2.45, 2.75) is 33.1 Å². The molecule has 3 aromatic heterocycles. The molecule has 4 aromatic rings. The maximum absolute atomic E-state index is 12.8. The number of benzene rings is 1. The molecule has 3 heterocycles. The van der Waals surface area contributed by atoms with Gasteiger partial charge in [-0.15, -0.1) is 0 Å². The molecule has 0 saturated heterocycles. The van der Waals surface area contributed by atoms with E-state index in [-0.39, 0.29) is 5.56 Å². The molecule has 0 amide bonds. The van der Waals surface area contributed by atoms with Crippen LogP contribution in [0.4, 0.5) is 0 Å². The Bertz CT molecular complexity index is 1160. The number of aryl methyl sites for hydroxylation is 4. The zero-order valence-electron chi connectivity index (χ0n) is 15.0. The van der Waals surface area contributed by atoms with Crippen molar-refractivity contribution in [3.05, 3.63) is 68.8 Å². The number of aromatic amines is 1. The summed E-state index contributed by atoms with van der Waals surface area (Å²) in [6.07, 6.45) is 3.87. The Balaban J connectivity index is 1.67. The number of rotatable bonds is 5. The summed E-state index contributed by atoms with van der Waals surface area (Å²) in [4.78, 5) is 21.4. The van der Waals surface area contributed by atoms with E-state index in [0.29, 0.717) is 28.5 Å². The second kappa shape index (κ2) is 7.00. The van der Waals surface area contributed by atoms with Gasteiger partial charge in [0.25, 0.3) is 5.56 Å². The fourth-order valence-electron chi connectivity index (χ4n) is 3.16. The Kier molecular flexibility index (Phi) is 4.53. The maximum atomic E-state index is 12.8. The lowest BCUT2D eigenvalue weighted by molar-refractivity contribution is 0.372. The lowest BCUT2D eigenvalue weighted by Gasteiger charge is -2.05. The van der Waals surface area contributed by atoms with E-state index in [1.54, 1.807) is 37.4 Å². The van der Waals surface area contributed by atoms with E-state index in [0.717, 1.165) is 35.3 Å². The van der Waals surface area contributed by atoms with E-state index in [1.807, 2.05) is 6.92 Å². The SMILES string of the molecule is Cc1noc(CCCc2c(C)ncc3c(=O)n(-c4ccc(Cl)cc4)[nH]c23)n1.